The first-order chi connectivity index (χ1) is 10.9. The molecule has 1 aromatic carbocycles. The zero-order chi connectivity index (χ0) is 18.5. The molecule has 1 aromatic rings. The van der Waals surface area contributed by atoms with Gasteiger partial charge in [0, 0.05) is 31.7 Å². The minimum absolute atomic E-state index is 0. The molecule has 0 aliphatic heterocycles. The number of halogens is 1. The van der Waals surface area contributed by atoms with E-state index in [2.05, 4.69) is 10.6 Å². The first-order valence-corrected chi connectivity index (χ1v) is 8.75. The lowest BCUT2D eigenvalue weighted by Gasteiger charge is -2.21. The third-order valence-electron chi connectivity index (χ3n) is 2.99. The Morgan fingerprint density at radius 1 is 1.20 bits per heavy atom. The first-order valence-electron chi connectivity index (χ1n) is 7.31. The number of carbonyl (C=O) groups excluding carboxylic acids is 2. The summed E-state index contributed by atoms with van der Waals surface area (Å²) in [7, 11) is -2.48. The largest absolute Gasteiger partial charge is 0.353 e. The second-order valence-corrected chi connectivity index (χ2v) is 8.28. The van der Waals surface area contributed by atoms with Crippen LogP contribution in [0, 0.1) is 0 Å². The molecule has 0 aromatic heterocycles. The molecule has 10 heteroatoms. The predicted molar refractivity (Wildman–Crippen MR) is 99.1 cm³/mol. The fraction of sp³-hybridized carbons (Fsp3) is 0.467. The van der Waals surface area contributed by atoms with Crippen molar-refractivity contribution in [2.24, 2.45) is 5.73 Å². The van der Waals surface area contributed by atoms with Gasteiger partial charge in [-0.15, -0.1) is 12.4 Å². The van der Waals surface area contributed by atoms with Crippen molar-refractivity contribution in [3.05, 3.63) is 24.3 Å². The summed E-state index contributed by atoms with van der Waals surface area (Å²) >= 11 is 0. The molecule has 0 heterocycles. The highest BCUT2D eigenvalue weighted by Gasteiger charge is 2.23. The summed E-state index contributed by atoms with van der Waals surface area (Å²) in [6.45, 7) is 4.80. The molecule has 0 saturated heterocycles. The maximum atomic E-state index is 12.4. The van der Waals surface area contributed by atoms with Gasteiger partial charge < -0.3 is 16.4 Å². The molecular weight excluding hydrogens is 368 g/mol. The summed E-state index contributed by atoms with van der Waals surface area (Å²) in [4.78, 5) is 22.8. The third-order valence-corrected chi connectivity index (χ3v) is 4.81. The van der Waals surface area contributed by atoms with Crippen molar-refractivity contribution in [2.45, 2.75) is 31.2 Å². The minimum atomic E-state index is -3.80. The van der Waals surface area contributed by atoms with E-state index in [1.165, 1.54) is 38.2 Å². The third kappa shape index (κ3) is 7.82. The van der Waals surface area contributed by atoms with E-state index in [0.717, 1.165) is 4.31 Å². The lowest BCUT2D eigenvalue weighted by Crippen LogP contribution is -2.47. The Labute approximate surface area is 154 Å². The van der Waals surface area contributed by atoms with Gasteiger partial charge in [-0.05, 0) is 38.1 Å². The number of nitrogens with zero attached hydrogens (tertiary/aromatic N) is 1. The molecular formula is C15H25ClN4O4S. The SMILES string of the molecule is CC(=O)Nc1ccc(S(=O)(=O)N(C)CC(=O)NCC(C)(C)N)cc1.Cl. The second-order valence-electron chi connectivity index (χ2n) is 6.23. The summed E-state index contributed by atoms with van der Waals surface area (Å²) in [5.41, 5.74) is 5.68. The van der Waals surface area contributed by atoms with Crippen molar-refractivity contribution >= 4 is 39.9 Å². The molecule has 0 aliphatic carbocycles. The normalized spacial score (nSPS) is 11.6. The van der Waals surface area contributed by atoms with Crippen molar-refractivity contribution < 1.29 is 18.0 Å². The van der Waals surface area contributed by atoms with Gasteiger partial charge in [-0.3, -0.25) is 9.59 Å². The molecule has 8 nitrogen and oxygen atoms in total. The molecule has 0 spiro atoms. The number of nitrogens with two attached hydrogens (primary N) is 1. The number of likely N-dealkylation sites (N-methyl/N-ethyl adjacent to an activating group) is 1. The highest BCUT2D eigenvalue weighted by molar-refractivity contribution is 7.89. The zero-order valence-corrected chi connectivity index (χ0v) is 16.3. The van der Waals surface area contributed by atoms with Crippen molar-refractivity contribution in [3.8, 4) is 0 Å². The van der Waals surface area contributed by atoms with E-state index >= 15 is 0 Å². The second kappa shape index (κ2) is 9.14. The van der Waals surface area contributed by atoms with Gasteiger partial charge in [0.2, 0.25) is 21.8 Å². The molecule has 0 bridgehead atoms. The van der Waals surface area contributed by atoms with Crippen LogP contribution in [0.3, 0.4) is 0 Å². The van der Waals surface area contributed by atoms with E-state index in [0.29, 0.717) is 5.69 Å². The number of anilines is 1. The van der Waals surface area contributed by atoms with Crippen LogP contribution in [0.25, 0.3) is 0 Å². The van der Waals surface area contributed by atoms with E-state index in [9.17, 15) is 18.0 Å². The lowest BCUT2D eigenvalue weighted by atomic mass is 10.1. The number of hydrogen-bond donors (Lipinski definition) is 3. The van der Waals surface area contributed by atoms with Crippen LogP contribution in [-0.2, 0) is 19.6 Å². The molecule has 0 fully saturated rings. The molecule has 0 saturated carbocycles. The van der Waals surface area contributed by atoms with Crippen LogP contribution >= 0.6 is 12.4 Å². The standard InChI is InChI=1S/C15H24N4O4S.ClH/c1-11(20)18-12-5-7-13(8-6-12)24(22,23)19(4)9-14(21)17-10-15(2,3)16;/h5-8H,9-10,16H2,1-4H3,(H,17,21)(H,18,20);1H. The van der Waals surface area contributed by atoms with Crippen molar-refractivity contribution in [2.75, 3.05) is 25.5 Å². The van der Waals surface area contributed by atoms with Crippen LogP contribution in [0.4, 0.5) is 5.69 Å². The average Bonchev–Trinajstić information content (AvgIpc) is 2.44. The minimum Gasteiger partial charge on any atom is -0.353 e. The van der Waals surface area contributed by atoms with Gasteiger partial charge in [0.1, 0.15) is 0 Å². The molecule has 0 unspecified atom stereocenters. The molecule has 0 atom stereocenters. The Morgan fingerprint density at radius 3 is 2.16 bits per heavy atom. The molecule has 1 rings (SSSR count). The number of amides is 2. The van der Waals surface area contributed by atoms with Crippen LogP contribution in [0.5, 0.6) is 0 Å². The fourth-order valence-corrected chi connectivity index (χ4v) is 2.89. The van der Waals surface area contributed by atoms with E-state index in [1.807, 2.05) is 0 Å². The van der Waals surface area contributed by atoms with E-state index in [1.54, 1.807) is 13.8 Å². The Morgan fingerprint density at radius 2 is 1.72 bits per heavy atom. The molecule has 25 heavy (non-hydrogen) atoms. The Kier molecular flexibility index (Phi) is 8.52. The Hall–Kier alpha value is -1.68. The van der Waals surface area contributed by atoms with Gasteiger partial charge in [-0.25, -0.2) is 8.42 Å². The molecule has 142 valence electrons. The maximum absolute atomic E-state index is 12.4. The van der Waals surface area contributed by atoms with Gasteiger partial charge in [0.25, 0.3) is 0 Å². The van der Waals surface area contributed by atoms with E-state index < -0.39 is 21.5 Å². The number of hydrogen-bond acceptors (Lipinski definition) is 5. The molecule has 4 N–H and O–H groups in total. The van der Waals surface area contributed by atoms with Gasteiger partial charge in [-0.2, -0.15) is 4.31 Å². The topological polar surface area (TPSA) is 122 Å². The quantitative estimate of drug-likeness (QED) is 0.625. The van der Waals surface area contributed by atoms with Gasteiger partial charge in [-0.1, -0.05) is 0 Å². The van der Waals surface area contributed by atoms with Crippen molar-refractivity contribution in [1.29, 1.82) is 0 Å². The monoisotopic (exact) mass is 392 g/mol. The van der Waals surface area contributed by atoms with E-state index in [-0.39, 0.29) is 36.3 Å². The van der Waals surface area contributed by atoms with Crippen molar-refractivity contribution in [3.63, 3.8) is 0 Å². The van der Waals surface area contributed by atoms with E-state index in [4.69, 9.17) is 5.73 Å². The molecule has 0 aliphatic rings. The van der Waals surface area contributed by atoms with Crippen LogP contribution in [0.15, 0.2) is 29.2 Å². The molecule has 2 amide bonds. The first kappa shape index (κ1) is 23.3. The summed E-state index contributed by atoms with van der Waals surface area (Å²) in [5.74, 6) is -0.684. The summed E-state index contributed by atoms with van der Waals surface area (Å²) in [6, 6.07) is 5.72. The summed E-state index contributed by atoms with van der Waals surface area (Å²) in [5, 5.41) is 5.14. The zero-order valence-electron chi connectivity index (χ0n) is 14.7. The smallest absolute Gasteiger partial charge is 0.243 e. The molecule has 0 radical (unpaired) electrons. The van der Waals surface area contributed by atoms with Crippen LogP contribution in [0.2, 0.25) is 0 Å². The van der Waals surface area contributed by atoms with Gasteiger partial charge in [0.05, 0.1) is 11.4 Å². The highest BCUT2D eigenvalue weighted by Crippen LogP contribution is 2.17. The maximum Gasteiger partial charge on any atom is 0.243 e. The highest BCUT2D eigenvalue weighted by atomic mass is 35.5. The predicted octanol–water partition coefficient (Wildman–Crippen LogP) is 0.541. The average molecular weight is 393 g/mol. The van der Waals surface area contributed by atoms with Crippen LogP contribution in [0.1, 0.15) is 20.8 Å². The number of nitrogens with one attached hydrogen (secondary N) is 2. The van der Waals surface area contributed by atoms with Crippen molar-refractivity contribution in [1.82, 2.24) is 9.62 Å². The van der Waals surface area contributed by atoms with Crippen LogP contribution in [-0.4, -0.2) is 50.2 Å². The lowest BCUT2D eigenvalue weighted by molar-refractivity contribution is -0.121. The number of benzene rings is 1. The van der Waals surface area contributed by atoms with Crippen LogP contribution < -0.4 is 16.4 Å². The Bertz CT molecular complexity index is 699. The van der Waals surface area contributed by atoms with Gasteiger partial charge in [0.15, 0.2) is 0 Å². The fourth-order valence-electron chi connectivity index (χ4n) is 1.76. The number of carbonyl (C=O) groups is 2. The van der Waals surface area contributed by atoms with Gasteiger partial charge >= 0.3 is 0 Å². The summed E-state index contributed by atoms with van der Waals surface area (Å²) in [6.07, 6.45) is 0. The summed E-state index contributed by atoms with van der Waals surface area (Å²) < 4.78 is 25.8. The number of rotatable bonds is 7. The number of sulfonamides is 1. The Balaban J connectivity index is 0.00000576.